The largest absolute Gasteiger partial charge is 0.463 e. The fourth-order valence-corrected chi connectivity index (χ4v) is 1.79. The smallest absolute Gasteiger partial charge is 0.337 e. The van der Waals surface area contributed by atoms with Crippen molar-refractivity contribution in [1.29, 1.82) is 0 Å². The van der Waals surface area contributed by atoms with Gasteiger partial charge in [0.1, 0.15) is 5.76 Å². The Bertz CT molecular complexity index is 570. The van der Waals surface area contributed by atoms with Crippen molar-refractivity contribution in [1.82, 2.24) is 20.3 Å². The van der Waals surface area contributed by atoms with Crippen LogP contribution in [0.4, 0.5) is 5.95 Å². The van der Waals surface area contributed by atoms with Crippen LogP contribution in [0.3, 0.4) is 0 Å². The molecule has 8 nitrogen and oxygen atoms in total. The van der Waals surface area contributed by atoms with Gasteiger partial charge in [0, 0.05) is 12.0 Å². The number of anilines is 1. The first-order valence-corrected chi connectivity index (χ1v) is 6.37. The monoisotopic (exact) mass is 279 g/mol. The molecule has 2 aromatic heterocycles. The third-order valence-corrected chi connectivity index (χ3v) is 2.78. The third-order valence-electron chi connectivity index (χ3n) is 2.78. The highest BCUT2D eigenvalue weighted by Crippen LogP contribution is 2.14. The molecular weight excluding hydrogens is 262 g/mol. The van der Waals surface area contributed by atoms with Gasteiger partial charge in [0.2, 0.25) is 11.9 Å². The van der Waals surface area contributed by atoms with Crippen LogP contribution in [0.1, 0.15) is 30.4 Å². The van der Waals surface area contributed by atoms with E-state index in [4.69, 9.17) is 9.26 Å². The highest BCUT2D eigenvalue weighted by molar-refractivity contribution is 5.89. The van der Waals surface area contributed by atoms with E-state index >= 15 is 0 Å². The summed E-state index contributed by atoms with van der Waals surface area (Å²) in [4.78, 5) is 15.8. The second-order valence-electron chi connectivity index (χ2n) is 4.25. The number of hydrogen-bond donors (Lipinski definition) is 2. The number of ether oxygens (including phenoxy) is 1. The van der Waals surface area contributed by atoms with Crippen LogP contribution in [-0.2, 0) is 11.2 Å². The van der Waals surface area contributed by atoms with Gasteiger partial charge in [-0.25, -0.2) is 5.10 Å². The number of aromatic amines is 1. The zero-order valence-electron chi connectivity index (χ0n) is 11.7. The Labute approximate surface area is 115 Å². The molecule has 0 saturated heterocycles. The summed E-state index contributed by atoms with van der Waals surface area (Å²) in [7, 11) is 0. The van der Waals surface area contributed by atoms with Crippen LogP contribution in [0.25, 0.3) is 0 Å². The number of amides is 1. The van der Waals surface area contributed by atoms with Gasteiger partial charge >= 0.3 is 6.01 Å². The maximum Gasteiger partial charge on any atom is 0.337 e. The van der Waals surface area contributed by atoms with Crippen LogP contribution in [0.15, 0.2) is 4.52 Å². The maximum absolute atomic E-state index is 11.8. The Balaban J connectivity index is 1.86. The number of aryl methyl sites for hydroxylation is 2. The first kappa shape index (κ1) is 14.0. The minimum absolute atomic E-state index is 0.163. The summed E-state index contributed by atoms with van der Waals surface area (Å²) in [5, 5.41) is 12.9. The summed E-state index contributed by atoms with van der Waals surface area (Å²) in [5.41, 5.74) is 1.78. The molecule has 8 heteroatoms. The average molecular weight is 279 g/mol. The van der Waals surface area contributed by atoms with Crippen molar-refractivity contribution in [3.63, 3.8) is 0 Å². The fraction of sp³-hybridized carbons (Fsp3) is 0.500. The lowest BCUT2D eigenvalue weighted by Gasteiger charge is -2.01. The van der Waals surface area contributed by atoms with Gasteiger partial charge in [-0.1, -0.05) is 5.16 Å². The first-order chi connectivity index (χ1) is 9.60. The van der Waals surface area contributed by atoms with Gasteiger partial charge in [-0.2, -0.15) is 4.98 Å². The van der Waals surface area contributed by atoms with Crippen molar-refractivity contribution in [2.24, 2.45) is 0 Å². The first-order valence-electron chi connectivity index (χ1n) is 6.37. The van der Waals surface area contributed by atoms with Crippen LogP contribution >= 0.6 is 0 Å². The van der Waals surface area contributed by atoms with E-state index in [2.05, 4.69) is 25.7 Å². The summed E-state index contributed by atoms with van der Waals surface area (Å²) >= 11 is 0. The summed E-state index contributed by atoms with van der Waals surface area (Å²) < 4.78 is 10.1. The van der Waals surface area contributed by atoms with E-state index in [1.165, 1.54) is 0 Å². The molecule has 0 spiro atoms. The molecule has 0 atom stereocenters. The Hall–Kier alpha value is -2.38. The SMILES string of the molecule is CCOc1n[nH]c(NC(=O)CCc2c(C)noc2C)n1. The molecule has 108 valence electrons. The number of aromatic nitrogens is 4. The summed E-state index contributed by atoms with van der Waals surface area (Å²) in [6.45, 7) is 5.99. The van der Waals surface area contributed by atoms with Crippen LogP contribution in [0.2, 0.25) is 0 Å². The van der Waals surface area contributed by atoms with Crippen molar-refractivity contribution in [2.45, 2.75) is 33.6 Å². The summed E-state index contributed by atoms with van der Waals surface area (Å²) in [6.07, 6.45) is 0.882. The topological polar surface area (TPSA) is 106 Å². The Morgan fingerprint density at radius 3 is 2.90 bits per heavy atom. The lowest BCUT2D eigenvalue weighted by atomic mass is 10.1. The van der Waals surface area contributed by atoms with Crippen LogP contribution < -0.4 is 10.1 Å². The van der Waals surface area contributed by atoms with E-state index < -0.39 is 0 Å². The van der Waals surface area contributed by atoms with Gasteiger partial charge in [-0.05, 0) is 27.2 Å². The van der Waals surface area contributed by atoms with E-state index in [9.17, 15) is 4.79 Å². The van der Waals surface area contributed by atoms with Crippen molar-refractivity contribution >= 4 is 11.9 Å². The van der Waals surface area contributed by atoms with Crippen molar-refractivity contribution in [3.8, 4) is 6.01 Å². The van der Waals surface area contributed by atoms with Crippen LogP contribution in [0.5, 0.6) is 6.01 Å². The molecule has 0 unspecified atom stereocenters. The lowest BCUT2D eigenvalue weighted by Crippen LogP contribution is -2.13. The molecule has 0 aliphatic carbocycles. The van der Waals surface area contributed by atoms with Gasteiger partial charge in [0.05, 0.1) is 12.3 Å². The van der Waals surface area contributed by atoms with Crippen molar-refractivity contribution < 1.29 is 14.1 Å². The average Bonchev–Trinajstić information content (AvgIpc) is 2.96. The Kier molecular flexibility index (Phi) is 4.34. The zero-order valence-corrected chi connectivity index (χ0v) is 11.7. The zero-order chi connectivity index (χ0) is 14.5. The minimum Gasteiger partial charge on any atom is -0.463 e. The molecule has 0 aromatic carbocycles. The highest BCUT2D eigenvalue weighted by Gasteiger charge is 2.12. The molecule has 2 aromatic rings. The quantitative estimate of drug-likeness (QED) is 0.827. The fourth-order valence-electron chi connectivity index (χ4n) is 1.79. The molecule has 0 radical (unpaired) electrons. The molecule has 1 amide bonds. The molecule has 0 aliphatic rings. The molecule has 2 heterocycles. The second kappa shape index (κ2) is 6.18. The van der Waals surface area contributed by atoms with Gasteiger partial charge in [-0.15, -0.1) is 5.10 Å². The van der Waals surface area contributed by atoms with Gasteiger partial charge in [0.15, 0.2) is 0 Å². The number of hydrogen-bond acceptors (Lipinski definition) is 6. The minimum atomic E-state index is -0.163. The molecule has 2 N–H and O–H groups in total. The van der Waals surface area contributed by atoms with E-state index in [1.54, 1.807) is 0 Å². The highest BCUT2D eigenvalue weighted by atomic mass is 16.5. The number of nitrogens with one attached hydrogen (secondary N) is 2. The number of nitrogens with zero attached hydrogens (tertiary/aromatic N) is 3. The van der Waals surface area contributed by atoms with Crippen LogP contribution in [-0.4, -0.2) is 32.9 Å². The number of rotatable bonds is 6. The molecule has 2 rings (SSSR count). The van der Waals surface area contributed by atoms with E-state index in [1.807, 2.05) is 20.8 Å². The van der Waals surface area contributed by atoms with Crippen LogP contribution in [0, 0.1) is 13.8 Å². The molecule has 0 aliphatic heterocycles. The standard InChI is InChI=1S/C12H17N5O3/c1-4-19-12-14-11(15-16-12)13-10(18)6-5-9-7(2)17-20-8(9)3/h4-6H2,1-3H3,(H2,13,14,15,16,18). The summed E-state index contributed by atoms with van der Waals surface area (Å²) in [5.74, 6) is 0.856. The van der Waals surface area contributed by atoms with E-state index in [-0.39, 0.29) is 17.9 Å². The predicted octanol–water partition coefficient (Wildman–Crippen LogP) is 1.38. The predicted molar refractivity (Wildman–Crippen MR) is 70.5 cm³/mol. The maximum atomic E-state index is 11.8. The Morgan fingerprint density at radius 1 is 1.45 bits per heavy atom. The number of carbonyl (C=O) groups excluding carboxylic acids is 1. The van der Waals surface area contributed by atoms with Gasteiger partial charge in [0.25, 0.3) is 0 Å². The van der Waals surface area contributed by atoms with Gasteiger partial charge < -0.3 is 9.26 Å². The molecule has 0 fully saturated rings. The molecule has 0 bridgehead atoms. The molecular formula is C12H17N5O3. The van der Waals surface area contributed by atoms with Crippen molar-refractivity contribution in [3.05, 3.63) is 17.0 Å². The summed E-state index contributed by atoms with van der Waals surface area (Å²) in [6, 6.07) is 0.216. The lowest BCUT2D eigenvalue weighted by molar-refractivity contribution is -0.116. The Morgan fingerprint density at radius 2 is 2.25 bits per heavy atom. The number of H-pyrrole nitrogens is 1. The normalized spacial score (nSPS) is 10.6. The second-order valence-corrected chi connectivity index (χ2v) is 4.25. The van der Waals surface area contributed by atoms with Crippen molar-refractivity contribution in [2.75, 3.05) is 11.9 Å². The molecule has 0 saturated carbocycles. The van der Waals surface area contributed by atoms with E-state index in [0.717, 1.165) is 17.0 Å². The molecule has 20 heavy (non-hydrogen) atoms. The van der Waals surface area contributed by atoms with E-state index in [0.29, 0.717) is 19.4 Å². The third kappa shape index (κ3) is 3.34. The van der Waals surface area contributed by atoms with Gasteiger partial charge in [-0.3, -0.25) is 10.1 Å². The number of carbonyl (C=O) groups is 1.